The molecule has 0 saturated carbocycles. The zero-order valence-electron chi connectivity index (χ0n) is 4.44. The van der Waals surface area contributed by atoms with E-state index in [1.165, 1.54) is 6.33 Å². The van der Waals surface area contributed by atoms with Crippen LogP contribution in [0.5, 0.6) is 0 Å². The van der Waals surface area contributed by atoms with Gasteiger partial charge in [-0.15, -0.1) is 0 Å². The monoisotopic (exact) mass is 138 g/mol. The highest BCUT2D eigenvalue weighted by Crippen LogP contribution is 2.06. The number of nitrogens with one attached hydrogen (secondary N) is 1. The quantitative estimate of drug-likeness (QED) is 0.589. The number of aromatic nitrogens is 4. The molecular weight excluding hydrogens is 135 g/mol. The molecule has 44 valence electrons. The molecule has 2 heterocycles. The summed E-state index contributed by atoms with van der Waals surface area (Å²) in [5.41, 5.74) is 1.67. The number of nitrogens with zero attached hydrogens (tertiary/aromatic N) is 3. The van der Waals surface area contributed by atoms with Gasteiger partial charge in [0.1, 0.15) is 20.4 Å². The van der Waals surface area contributed by atoms with Crippen LogP contribution in [0.4, 0.5) is 0 Å². The van der Waals surface area contributed by atoms with Gasteiger partial charge in [-0.3, -0.25) is 0 Å². The molecule has 0 saturated heterocycles. The fraction of sp³-hybridized carbons (Fsp3) is 0. The average Bonchev–Trinajstić information content (AvgIpc) is 2.33. The van der Waals surface area contributed by atoms with Gasteiger partial charge in [-0.25, -0.2) is 9.97 Å². The summed E-state index contributed by atoms with van der Waals surface area (Å²) in [6.07, 6.45) is 3.21. The molecular formula is C4H3N4P. The predicted molar refractivity (Wildman–Crippen MR) is 34.2 cm³/mol. The van der Waals surface area contributed by atoms with Crippen LogP contribution in [0.3, 0.4) is 0 Å². The van der Waals surface area contributed by atoms with Gasteiger partial charge in [-0.05, 0) is 0 Å². The van der Waals surface area contributed by atoms with E-state index in [2.05, 4.69) is 19.5 Å². The lowest BCUT2D eigenvalue weighted by Gasteiger charge is -1.79. The minimum atomic E-state index is 0.756. The van der Waals surface area contributed by atoms with Crippen molar-refractivity contribution in [3.05, 3.63) is 12.5 Å². The second-order valence-electron chi connectivity index (χ2n) is 1.57. The Morgan fingerprint density at radius 2 is 2.56 bits per heavy atom. The topological polar surface area (TPSA) is 54.5 Å². The summed E-state index contributed by atoms with van der Waals surface area (Å²) < 4.78 is 6.99. The van der Waals surface area contributed by atoms with E-state index in [-0.39, 0.29) is 0 Å². The molecule has 9 heavy (non-hydrogen) atoms. The molecule has 0 atom stereocenters. The van der Waals surface area contributed by atoms with Gasteiger partial charge in [0.25, 0.3) is 0 Å². The first-order valence-corrected chi connectivity index (χ1v) is 3.28. The molecule has 5 heteroatoms. The van der Waals surface area contributed by atoms with Crippen LogP contribution in [0.1, 0.15) is 0 Å². The third kappa shape index (κ3) is 0.678. The Morgan fingerprint density at radius 3 is 3.44 bits per heavy atom. The van der Waals surface area contributed by atoms with Gasteiger partial charge in [0.2, 0.25) is 0 Å². The summed E-state index contributed by atoms with van der Waals surface area (Å²) in [5, 5.41) is 0. The molecule has 0 aliphatic rings. The van der Waals surface area contributed by atoms with Crippen molar-refractivity contribution < 1.29 is 0 Å². The molecule has 1 N–H and O–H groups in total. The van der Waals surface area contributed by atoms with Gasteiger partial charge < -0.3 is 4.75 Å². The molecule has 0 bridgehead atoms. The first kappa shape index (κ1) is 4.82. The van der Waals surface area contributed by atoms with E-state index < -0.39 is 0 Å². The Balaban J connectivity index is 2.95. The second kappa shape index (κ2) is 1.74. The molecule has 2 aromatic rings. The number of hydrogen-bond donors (Lipinski definition) is 1. The molecule has 0 spiro atoms. The SMILES string of the molecule is c1ncc2[nH]pnc2n1. The summed E-state index contributed by atoms with van der Waals surface area (Å²) in [4.78, 5) is 7.73. The zero-order chi connectivity index (χ0) is 6.10. The summed E-state index contributed by atoms with van der Waals surface area (Å²) in [7, 11) is 0.847. The van der Waals surface area contributed by atoms with E-state index in [9.17, 15) is 0 Å². The third-order valence-electron chi connectivity index (χ3n) is 1.01. The highest BCUT2D eigenvalue weighted by molar-refractivity contribution is 7.21. The Hall–Kier alpha value is -1.02. The van der Waals surface area contributed by atoms with Gasteiger partial charge >= 0.3 is 0 Å². The van der Waals surface area contributed by atoms with Crippen LogP contribution < -0.4 is 0 Å². The van der Waals surface area contributed by atoms with Crippen molar-refractivity contribution in [2.75, 3.05) is 0 Å². The second-order valence-corrected chi connectivity index (χ2v) is 2.20. The van der Waals surface area contributed by atoms with Gasteiger partial charge in [-0.2, -0.15) is 4.75 Å². The van der Waals surface area contributed by atoms with E-state index in [0.29, 0.717) is 0 Å². The van der Waals surface area contributed by atoms with Crippen LogP contribution >= 0.6 is 8.51 Å². The lowest BCUT2D eigenvalue weighted by Crippen LogP contribution is -1.76. The number of rotatable bonds is 0. The standard InChI is InChI=1S/C4H3N4P/c1-3-4(6-2-5-1)8-9-7-3/h1-2H,(H,5,6,7,8). The molecule has 0 aliphatic carbocycles. The lowest BCUT2D eigenvalue weighted by molar-refractivity contribution is 1.20. The normalized spacial score (nSPS) is 11.1. The minimum Gasteiger partial charge on any atom is -0.318 e. The fourth-order valence-electron chi connectivity index (χ4n) is 0.608. The summed E-state index contributed by atoms with van der Waals surface area (Å²) >= 11 is 0. The maximum atomic E-state index is 4.01. The summed E-state index contributed by atoms with van der Waals surface area (Å²) in [5.74, 6) is 0. The molecule has 2 aromatic heterocycles. The van der Waals surface area contributed by atoms with E-state index in [0.717, 1.165) is 19.7 Å². The molecule has 0 amide bonds. The number of fused-ring (bicyclic) bond motifs is 1. The van der Waals surface area contributed by atoms with Crippen LogP contribution in [0.2, 0.25) is 0 Å². The largest absolute Gasteiger partial charge is 0.318 e. The zero-order valence-corrected chi connectivity index (χ0v) is 5.34. The van der Waals surface area contributed by atoms with Gasteiger partial charge in [0.05, 0.1) is 6.20 Å². The molecule has 4 nitrogen and oxygen atoms in total. The van der Waals surface area contributed by atoms with Crippen LogP contribution in [-0.2, 0) is 0 Å². The van der Waals surface area contributed by atoms with E-state index in [1.54, 1.807) is 6.20 Å². The maximum absolute atomic E-state index is 4.01. The lowest BCUT2D eigenvalue weighted by atomic mass is 10.6. The Morgan fingerprint density at radius 1 is 1.56 bits per heavy atom. The minimum absolute atomic E-state index is 0.756. The Kier molecular flexibility index (Phi) is 0.932. The molecule has 0 unspecified atom stereocenters. The van der Waals surface area contributed by atoms with Crippen molar-refractivity contribution in [3.8, 4) is 0 Å². The van der Waals surface area contributed by atoms with Crippen molar-refractivity contribution in [2.24, 2.45) is 0 Å². The molecule has 0 fully saturated rings. The van der Waals surface area contributed by atoms with Crippen molar-refractivity contribution in [2.45, 2.75) is 0 Å². The van der Waals surface area contributed by atoms with E-state index in [4.69, 9.17) is 0 Å². The highest BCUT2D eigenvalue weighted by atomic mass is 31.1. The van der Waals surface area contributed by atoms with Crippen molar-refractivity contribution in [1.29, 1.82) is 0 Å². The first-order valence-electron chi connectivity index (χ1n) is 2.43. The molecule has 2 rings (SSSR count). The Bertz CT molecular complexity index is 287. The Labute approximate surface area is 52.6 Å². The molecule has 0 aliphatic heterocycles. The van der Waals surface area contributed by atoms with Gasteiger partial charge in [0.15, 0.2) is 5.65 Å². The van der Waals surface area contributed by atoms with E-state index in [1.807, 2.05) is 0 Å². The summed E-state index contributed by atoms with van der Waals surface area (Å²) in [6.45, 7) is 0. The van der Waals surface area contributed by atoms with Crippen molar-refractivity contribution >= 4 is 19.7 Å². The maximum Gasteiger partial charge on any atom is 0.185 e. The van der Waals surface area contributed by atoms with Crippen LogP contribution in [0, 0.1) is 0 Å². The highest BCUT2D eigenvalue weighted by Gasteiger charge is 1.92. The van der Waals surface area contributed by atoms with Crippen LogP contribution in [0.15, 0.2) is 12.5 Å². The number of aromatic amines is 1. The molecule has 0 aromatic carbocycles. The van der Waals surface area contributed by atoms with Crippen molar-refractivity contribution in [3.63, 3.8) is 0 Å². The van der Waals surface area contributed by atoms with Crippen molar-refractivity contribution in [1.82, 2.24) is 19.5 Å². The van der Waals surface area contributed by atoms with Gasteiger partial charge in [0, 0.05) is 0 Å². The third-order valence-corrected chi connectivity index (χ3v) is 1.64. The van der Waals surface area contributed by atoms with Gasteiger partial charge in [-0.1, -0.05) is 0 Å². The fourth-order valence-corrected chi connectivity index (χ4v) is 1.18. The molecule has 0 radical (unpaired) electrons. The predicted octanol–water partition coefficient (Wildman–Crippen LogP) is 0.933. The average molecular weight is 138 g/mol. The van der Waals surface area contributed by atoms with E-state index >= 15 is 0 Å². The number of hydrogen-bond acceptors (Lipinski definition) is 3. The van der Waals surface area contributed by atoms with Crippen LogP contribution in [-0.4, -0.2) is 19.5 Å². The smallest absolute Gasteiger partial charge is 0.185 e. The first-order chi connectivity index (χ1) is 4.47. The number of H-pyrrole nitrogens is 1. The van der Waals surface area contributed by atoms with Crippen LogP contribution in [0.25, 0.3) is 11.2 Å². The summed E-state index contributed by atoms with van der Waals surface area (Å²) in [6, 6.07) is 0.